The summed E-state index contributed by atoms with van der Waals surface area (Å²) in [4.78, 5) is 7.36. The van der Waals surface area contributed by atoms with Crippen molar-refractivity contribution < 1.29 is 0 Å². The van der Waals surface area contributed by atoms with Gasteiger partial charge in [-0.2, -0.15) is 0 Å². The topological polar surface area (TPSA) is 6.48 Å². The largest absolute Gasteiger partial charge is 0.338 e. The van der Waals surface area contributed by atoms with Crippen molar-refractivity contribution in [2.75, 3.05) is 30.4 Å². The highest BCUT2D eigenvalue weighted by atomic mass is 35.5. The highest BCUT2D eigenvalue weighted by Crippen LogP contribution is 2.48. The smallest absolute Gasteiger partial charge is 0.0568 e. The molecule has 0 fully saturated rings. The Balaban J connectivity index is 0.00000225. The van der Waals surface area contributed by atoms with Crippen LogP contribution in [0.2, 0.25) is 5.02 Å². The summed E-state index contributed by atoms with van der Waals surface area (Å²) in [5.74, 6) is 0.660. The summed E-state index contributed by atoms with van der Waals surface area (Å²) < 4.78 is 0. The number of nitrogens with zero attached hydrogens (tertiary/aromatic N) is 2. The maximum Gasteiger partial charge on any atom is 0.0568 e. The molecule has 6 heteroatoms. The molecule has 3 rings (SSSR count). The van der Waals surface area contributed by atoms with E-state index in [2.05, 4.69) is 60.0 Å². The summed E-state index contributed by atoms with van der Waals surface area (Å²) in [5.41, 5.74) is 2.45. The molecule has 0 aromatic heterocycles. The number of anilines is 2. The van der Waals surface area contributed by atoms with E-state index in [0.29, 0.717) is 11.9 Å². The lowest BCUT2D eigenvalue weighted by Gasteiger charge is -2.37. The molecule has 1 aliphatic heterocycles. The normalized spacial score (nSPS) is 13.9. The third-order valence-electron chi connectivity index (χ3n) is 4.44. The van der Waals surface area contributed by atoms with Gasteiger partial charge in [0.15, 0.2) is 0 Å². The second-order valence-corrected chi connectivity index (χ2v) is 7.86. The molecular weight excluding hydrogens is 395 g/mol. The third-order valence-corrected chi connectivity index (χ3v) is 5.97. The fraction of sp³-hybridized carbons (Fsp3) is 0.368. The van der Waals surface area contributed by atoms with Crippen LogP contribution in [-0.4, -0.2) is 36.5 Å². The van der Waals surface area contributed by atoms with Gasteiger partial charge >= 0.3 is 0 Å². The number of rotatable bonds is 6. The van der Waals surface area contributed by atoms with Gasteiger partial charge < -0.3 is 4.90 Å². The van der Waals surface area contributed by atoms with Gasteiger partial charge in [0.1, 0.15) is 0 Å². The van der Waals surface area contributed by atoms with Crippen LogP contribution >= 0.6 is 47.4 Å². The number of halogens is 3. The highest BCUT2D eigenvalue weighted by molar-refractivity contribution is 7.99. The first-order valence-corrected chi connectivity index (χ1v) is 10.0. The number of alkyl halides is 1. The molecule has 1 unspecified atom stereocenters. The first-order chi connectivity index (χ1) is 11.6. The molecule has 136 valence electrons. The van der Waals surface area contributed by atoms with E-state index in [9.17, 15) is 0 Å². The first kappa shape index (κ1) is 20.7. The fourth-order valence-electron chi connectivity index (χ4n) is 3.18. The van der Waals surface area contributed by atoms with Crippen LogP contribution < -0.4 is 4.90 Å². The molecule has 0 saturated heterocycles. The molecule has 0 amide bonds. The van der Waals surface area contributed by atoms with E-state index in [4.69, 9.17) is 23.2 Å². The van der Waals surface area contributed by atoms with Crippen LogP contribution in [0.5, 0.6) is 0 Å². The third kappa shape index (κ3) is 4.58. The number of benzene rings is 2. The van der Waals surface area contributed by atoms with Crippen molar-refractivity contribution in [3.05, 3.63) is 47.5 Å². The molecule has 0 bridgehead atoms. The van der Waals surface area contributed by atoms with Crippen molar-refractivity contribution >= 4 is 58.7 Å². The Kier molecular flexibility index (Phi) is 7.78. The Morgan fingerprint density at radius 3 is 2.56 bits per heavy atom. The lowest BCUT2D eigenvalue weighted by molar-refractivity contribution is 0.237. The zero-order valence-corrected chi connectivity index (χ0v) is 17.6. The standard InChI is InChI=1S/C19H22Cl2N2S.ClH/c1-3-22(11-10-20)14(2)13-23-16-6-4-5-7-18(16)24-19-9-8-15(21)12-17(19)23;/h4-9,12,14H,3,10-11,13H2,1-2H3;1H. The van der Waals surface area contributed by atoms with Crippen LogP contribution in [0.3, 0.4) is 0 Å². The van der Waals surface area contributed by atoms with Gasteiger partial charge in [-0.25, -0.2) is 0 Å². The summed E-state index contributed by atoms with van der Waals surface area (Å²) in [6.07, 6.45) is 0. The Morgan fingerprint density at radius 1 is 1.12 bits per heavy atom. The lowest BCUT2D eigenvalue weighted by atomic mass is 10.1. The molecule has 1 aliphatic rings. The highest BCUT2D eigenvalue weighted by Gasteiger charge is 2.26. The van der Waals surface area contributed by atoms with Crippen LogP contribution in [0, 0.1) is 0 Å². The van der Waals surface area contributed by atoms with Gasteiger partial charge in [0, 0.05) is 39.8 Å². The van der Waals surface area contributed by atoms with Gasteiger partial charge in [0.25, 0.3) is 0 Å². The predicted octanol–water partition coefficient (Wildman–Crippen LogP) is 6.31. The molecule has 1 heterocycles. The molecule has 0 aliphatic carbocycles. The Bertz CT molecular complexity index is 711. The maximum atomic E-state index is 6.28. The minimum absolute atomic E-state index is 0. The van der Waals surface area contributed by atoms with Crippen molar-refractivity contribution in [3.63, 3.8) is 0 Å². The number of hydrogen-bond donors (Lipinski definition) is 0. The van der Waals surface area contributed by atoms with Crippen molar-refractivity contribution in [1.82, 2.24) is 4.90 Å². The van der Waals surface area contributed by atoms with Gasteiger partial charge in [-0.1, -0.05) is 42.4 Å². The zero-order chi connectivity index (χ0) is 17.1. The molecule has 0 radical (unpaired) electrons. The molecule has 1 atom stereocenters. The molecule has 0 saturated carbocycles. The molecule has 0 spiro atoms. The minimum atomic E-state index is 0. The molecule has 0 N–H and O–H groups in total. The number of fused-ring (bicyclic) bond motifs is 2. The van der Waals surface area contributed by atoms with Crippen LogP contribution in [0.1, 0.15) is 13.8 Å². The van der Waals surface area contributed by atoms with Crippen molar-refractivity contribution in [3.8, 4) is 0 Å². The van der Waals surface area contributed by atoms with E-state index in [-0.39, 0.29) is 12.4 Å². The average Bonchev–Trinajstić information content (AvgIpc) is 2.59. The first-order valence-electron chi connectivity index (χ1n) is 8.28. The van der Waals surface area contributed by atoms with Crippen molar-refractivity contribution in [2.24, 2.45) is 0 Å². The maximum absolute atomic E-state index is 6.28. The second-order valence-electron chi connectivity index (χ2n) is 5.96. The molecule has 25 heavy (non-hydrogen) atoms. The Morgan fingerprint density at radius 2 is 1.84 bits per heavy atom. The van der Waals surface area contributed by atoms with E-state index in [1.807, 2.05) is 17.8 Å². The van der Waals surface area contributed by atoms with Crippen LogP contribution in [0.25, 0.3) is 0 Å². The van der Waals surface area contributed by atoms with E-state index < -0.39 is 0 Å². The molecule has 2 aromatic rings. The summed E-state index contributed by atoms with van der Waals surface area (Å²) >= 11 is 14.1. The summed E-state index contributed by atoms with van der Waals surface area (Å²) in [6, 6.07) is 15.1. The van der Waals surface area contributed by atoms with Crippen LogP contribution in [0.15, 0.2) is 52.3 Å². The summed E-state index contributed by atoms with van der Waals surface area (Å²) in [6.45, 7) is 7.28. The van der Waals surface area contributed by atoms with Crippen LogP contribution in [-0.2, 0) is 0 Å². The van der Waals surface area contributed by atoms with E-state index in [1.165, 1.54) is 21.2 Å². The zero-order valence-electron chi connectivity index (χ0n) is 14.4. The molecule has 2 aromatic carbocycles. The van der Waals surface area contributed by atoms with Crippen molar-refractivity contribution in [1.29, 1.82) is 0 Å². The Labute approximate surface area is 170 Å². The van der Waals surface area contributed by atoms with Gasteiger partial charge in [0.05, 0.1) is 11.4 Å². The SMILES string of the molecule is CCN(CCCl)C(C)CN1c2ccccc2Sc2ccc(Cl)cc21.Cl. The van der Waals surface area contributed by atoms with Gasteiger partial charge in [0.2, 0.25) is 0 Å². The molecular formula is C19H23Cl3N2S. The quantitative estimate of drug-likeness (QED) is 0.508. The monoisotopic (exact) mass is 416 g/mol. The Hall–Kier alpha value is -0.580. The van der Waals surface area contributed by atoms with E-state index in [0.717, 1.165) is 24.7 Å². The lowest BCUT2D eigenvalue weighted by Crippen LogP contribution is -2.42. The number of likely N-dealkylation sites (N-methyl/N-ethyl adjacent to an activating group) is 1. The minimum Gasteiger partial charge on any atom is -0.338 e. The van der Waals surface area contributed by atoms with Gasteiger partial charge in [-0.3, -0.25) is 4.90 Å². The van der Waals surface area contributed by atoms with Crippen LogP contribution in [0.4, 0.5) is 11.4 Å². The van der Waals surface area contributed by atoms with E-state index >= 15 is 0 Å². The van der Waals surface area contributed by atoms with Crippen molar-refractivity contribution in [2.45, 2.75) is 29.7 Å². The number of hydrogen-bond acceptors (Lipinski definition) is 3. The average molecular weight is 418 g/mol. The predicted molar refractivity (Wildman–Crippen MR) is 114 cm³/mol. The fourth-order valence-corrected chi connectivity index (χ4v) is 4.64. The second kappa shape index (κ2) is 9.38. The van der Waals surface area contributed by atoms with E-state index in [1.54, 1.807) is 0 Å². The molecule has 2 nitrogen and oxygen atoms in total. The number of para-hydroxylation sites is 1. The van der Waals surface area contributed by atoms with Gasteiger partial charge in [-0.05, 0) is 43.8 Å². The summed E-state index contributed by atoms with van der Waals surface area (Å²) in [7, 11) is 0. The van der Waals surface area contributed by atoms with Gasteiger partial charge in [-0.15, -0.1) is 24.0 Å². The summed E-state index contributed by atoms with van der Waals surface area (Å²) in [5, 5.41) is 0.777.